The van der Waals surface area contributed by atoms with Crippen LogP contribution in [-0.2, 0) is 6.42 Å². The topological polar surface area (TPSA) is 18.5 Å². The largest absolute Gasteiger partial charge is 0.491 e. The molecule has 2 nitrogen and oxygen atoms in total. The molecule has 0 saturated heterocycles. The van der Waals surface area contributed by atoms with Gasteiger partial charge in [0, 0.05) is 17.5 Å². The molecule has 0 aromatic heterocycles. The van der Waals surface area contributed by atoms with E-state index in [0.717, 1.165) is 25.7 Å². The molecular formula is C23H23F3O2. The summed E-state index contributed by atoms with van der Waals surface area (Å²) in [6, 6.07) is 4.95. The predicted molar refractivity (Wildman–Crippen MR) is 102 cm³/mol. The Kier molecular flexibility index (Phi) is 5.09. The summed E-state index contributed by atoms with van der Waals surface area (Å²) in [6.07, 6.45) is 5.69. The van der Waals surface area contributed by atoms with E-state index in [9.17, 15) is 13.2 Å². The van der Waals surface area contributed by atoms with Gasteiger partial charge in [-0.2, -0.15) is 8.78 Å². The second-order valence-corrected chi connectivity index (χ2v) is 7.51. The van der Waals surface area contributed by atoms with Gasteiger partial charge in [0.25, 0.3) is 0 Å². The van der Waals surface area contributed by atoms with Gasteiger partial charge in [0.15, 0.2) is 23.1 Å². The van der Waals surface area contributed by atoms with Gasteiger partial charge in [-0.15, -0.1) is 6.58 Å². The molecule has 0 atom stereocenters. The van der Waals surface area contributed by atoms with E-state index in [1.54, 1.807) is 25.1 Å². The van der Waals surface area contributed by atoms with Crippen molar-refractivity contribution >= 4 is 0 Å². The number of rotatable bonds is 4. The summed E-state index contributed by atoms with van der Waals surface area (Å²) in [7, 11) is 0. The zero-order valence-corrected chi connectivity index (χ0v) is 15.9. The van der Waals surface area contributed by atoms with Gasteiger partial charge in [0.2, 0.25) is 11.6 Å². The normalized spacial score (nSPS) is 20.7. The zero-order chi connectivity index (χ0) is 19.8. The Labute approximate surface area is 163 Å². The van der Waals surface area contributed by atoms with Crippen molar-refractivity contribution in [1.82, 2.24) is 0 Å². The number of hydrogen-bond acceptors (Lipinski definition) is 2. The molecule has 0 N–H and O–H groups in total. The van der Waals surface area contributed by atoms with Crippen molar-refractivity contribution in [2.75, 3.05) is 6.61 Å². The molecule has 28 heavy (non-hydrogen) atoms. The van der Waals surface area contributed by atoms with E-state index in [4.69, 9.17) is 9.47 Å². The first kappa shape index (κ1) is 18.9. The lowest BCUT2D eigenvalue weighted by atomic mass is 9.78. The highest BCUT2D eigenvalue weighted by molar-refractivity contribution is 5.55. The molecule has 1 fully saturated rings. The Hall–Kier alpha value is -2.43. The van der Waals surface area contributed by atoms with Crippen molar-refractivity contribution < 1.29 is 22.6 Å². The molecule has 0 radical (unpaired) electrons. The van der Waals surface area contributed by atoms with Crippen LogP contribution >= 0.6 is 0 Å². The molecule has 1 heterocycles. The van der Waals surface area contributed by atoms with Crippen LogP contribution in [-0.4, -0.2) is 6.61 Å². The lowest BCUT2D eigenvalue weighted by molar-refractivity contribution is 0.309. The molecule has 0 bridgehead atoms. The van der Waals surface area contributed by atoms with Crippen molar-refractivity contribution in [3.05, 3.63) is 65.0 Å². The second kappa shape index (κ2) is 7.53. The predicted octanol–water partition coefficient (Wildman–Crippen LogP) is 6.66. The minimum atomic E-state index is -1.04. The summed E-state index contributed by atoms with van der Waals surface area (Å²) < 4.78 is 55.0. The number of allylic oxidation sites excluding steroid dienone is 1. The Morgan fingerprint density at radius 3 is 2.43 bits per heavy atom. The molecule has 2 aromatic carbocycles. The smallest absolute Gasteiger partial charge is 0.207 e. The summed E-state index contributed by atoms with van der Waals surface area (Å²) in [6.45, 7) is 5.87. The van der Waals surface area contributed by atoms with Crippen LogP contribution in [0.5, 0.6) is 17.2 Å². The molecule has 0 unspecified atom stereocenters. The van der Waals surface area contributed by atoms with Crippen LogP contribution in [0.3, 0.4) is 0 Å². The highest BCUT2D eigenvalue weighted by Gasteiger charge is 2.31. The summed E-state index contributed by atoms with van der Waals surface area (Å²) in [5.74, 6) is -2.44. The van der Waals surface area contributed by atoms with E-state index < -0.39 is 17.5 Å². The molecule has 2 aliphatic rings. The third kappa shape index (κ3) is 3.17. The fraction of sp³-hybridized carbons (Fsp3) is 0.391. The van der Waals surface area contributed by atoms with Crippen molar-refractivity contribution in [1.29, 1.82) is 0 Å². The van der Waals surface area contributed by atoms with Gasteiger partial charge in [-0.05, 0) is 62.1 Å². The summed E-state index contributed by atoms with van der Waals surface area (Å²) >= 11 is 0. The molecule has 1 aliphatic carbocycles. The van der Waals surface area contributed by atoms with Gasteiger partial charge in [0.05, 0.1) is 6.61 Å². The molecule has 1 aliphatic heterocycles. The maximum Gasteiger partial charge on any atom is 0.207 e. The van der Waals surface area contributed by atoms with E-state index in [-0.39, 0.29) is 23.2 Å². The minimum Gasteiger partial charge on any atom is -0.491 e. The number of halogens is 3. The molecule has 1 saturated carbocycles. The summed E-state index contributed by atoms with van der Waals surface area (Å²) in [5.41, 5.74) is 1.55. The van der Waals surface area contributed by atoms with Crippen molar-refractivity contribution in [2.45, 2.75) is 44.9 Å². The number of fused-ring (bicyclic) bond motifs is 2. The van der Waals surface area contributed by atoms with Crippen molar-refractivity contribution in [2.24, 2.45) is 5.92 Å². The van der Waals surface area contributed by atoms with Gasteiger partial charge in [-0.1, -0.05) is 12.1 Å². The molecule has 148 valence electrons. The molecule has 0 amide bonds. The quantitative estimate of drug-likeness (QED) is 0.465. The first-order valence-corrected chi connectivity index (χ1v) is 9.78. The van der Waals surface area contributed by atoms with Crippen LogP contribution in [0.1, 0.15) is 55.2 Å². The maximum atomic E-state index is 14.8. The van der Waals surface area contributed by atoms with Gasteiger partial charge < -0.3 is 9.47 Å². The Morgan fingerprint density at radius 2 is 1.75 bits per heavy atom. The number of hydrogen-bond donors (Lipinski definition) is 0. The van der Waals surface area contributed by atoms with Crippen LogP contribution in [0.4, 0.5) is 13.2 Å². The van der Waals surface area contributed by atoms with E-state index in [2.05, 4.69) is 6.58 Å². The van der Waals surface area contributed by atoms with Gasteiger partial charge in [-0.25, -0.2) is 4.39 Å². The van der Waals surface area contributed by atoms with Crippen LogP contribution < -0.4 is 9.47 Å². The average Bonchev–Trinajstić information content (AvgIpc) is 2.72. The van der Waals surface area contributed by atoms with Crippen LogP contribution in [0.2, 0.25) is 0 Å². The fourth-order valence-electron chi connectivity index (χ4n) is 4.29. The molecule has 5 heteroatoms. The number of ether oxygens (including phenoxy) is 2. The Bertz CT molecular complexity index is 915. The third-order valence-corrected chi connectivity index (χ3v) is 5.84. The SMILES string of the molecule is C=CC1CCC(c2cc3c(c(F)c2F)Oc2c(ccc(OCC)c2F)C3)CC1. The number of benzene rings is 2. The molecule has 2 aromatic rings. The van der Waals surface area contributed by atoms with Crippen molar-refractivity contribution in [3.8, 4) is 17.2 Å². The highest BCUT2D eigenvalue weighted by Crippen LogP contribution is 2.46. The standard InChI is InChI=1S/C23H23F3O2/c1-3-13-5-7-14(8-6-13)17-12-16-11-15-9-10-18(27-4-2)20(25)22(15)28-23(16)21(26)19(17)24/h3,9-10,12-14H,1,4-8,11H2,2H3. The summed E-state index contributed by atoms with van der Waals surface area (Å²) in [5, 5.41) is 0. The van der Waals surface area contributed by atoms with Gasteiger partial charge in [-0.3, -0.25) is 0 Å². The zero-order valence-electron chi connectivity index (χ0n) is 15.9. The van der Waals surface area contributed by atoms with E-state index in [0.29, 0.717) is 35.6 Å². The van der Waals surface area contributed by atoms with Gasteiger partial charge in [0.1, 0.15) is 0 Å². The van der Waals surface area contributed by atoms with E-state index >= 15 is 0 Å². The molecular weight excluding hydrogens is 365 g/mol. The first-order valence-electron chi connectivity index (χ1n) is 9.78. The lowest BCUT2D eigenvalue weighted by Gasteiger charge is -2.29. The average molecular weight is 388 g/mol. The van der Waals surface area contributed by atoms with E-state index in [1.807, 2.05) is 6.08 Å². The van der Waals surface area contributed by atoms with E-state index in [1.165, 1.54) is 0 Å². The van der Waals surface area contributed by atoms with Crippen molar-refractivity contribution in [3.63, 3.8) is 0 Å². The fourth-order valence-corrected chi connectivity index (χ4v) is 4.29. The molecule has 4 rings (SSSR count). The van der Waals surface area contributed by atoms with Crippen LogP contribution in [0, 0.1) is 23.4 Å². The second-order valence-electron chi connectivity index (χ2n) is 7.51. The third-order valence-electron chi connectivity index (χ3n) is 5.84. The molecule has 0 spiro atoms. The van der Waals surface area contributed by atoms with Gasteiger partial charge >= 0.3 is 0 Å². The summed E-state index contributed by atoms with van der Waals surface area (Å²) in [4.78, 5) is 0. The monoisotopic (exact) mass is 388 g/mol. The highest BCUT2D eigenvalue weighted by atomic mass is 19.2. The Balaban J connectivity index is 1.68. The Morgan fingerprint density at radius 1 is 1.04 bits per heavy atom. The lowest BCUT2D eigenvalue weighted by Crippen LogP contribution is -2.16. The first-order chi connectivity index (χ1) is 13.5. The van der Waals surface area contributed by atoms with Crippen LogP contribution in [0.15, 0.2) is 30.9 Å². The maximum absolute atomic E-state index is 14.8. The van der Waals surface area contributed by atoms with Crippen LogP contribution in [0.25, 0.3) is 0 Å². The minimum absolute atomic E-state index is 0.0190.